The first kappa shape index (κ1) is 13.6. The van der Waals surface area contributed by atoms with Gasteiger partial charge in [-0.2, -0.15) is 0 Å². The zero-order chi connectivity index (χ0) is 13.0. The van der Waals surface area contributed by atoms with Crippen LogP contribution in [0.5, 0.6) is 0 Å². The largest absolute Gasteiger partial charge is 0.327 e. The van der Waals surface area contributed by atoms with Gasteiger partial charge in [-0.1, -0.05) is 49.4 Å². The van der Waals surface area contributed by atoms with E-state index < -0.39 is 0 Å². The van der Waals surface area contributed by atoms with Gasteiger partial charge in [0.1, 0.15) is 0 Å². The molecule has 2 rings (SSSR count). The molecule has 0 amide bonds. The van der Waals surface area contributed by atoms with Gasteiger partial charge in [0, 0.05) is 9.61 Å². The lowest BCUT2D eigenvalue weighted by atomic mass is 9.90. The maximum Gasteiger partial charge on any atom is 0.0146 e. The monoisotopic (exact) mass is 351 g/mol. The van der Waals surface area contributed by atoms with Crippen LogP contribution in [0.15, 0.2) is 54.6 Å². The van der Waals surface area contributed by atoms with Gasteiger partial charge in [-0.05, 0) is 58.2 Å². The molecule has 0 aliphatic heterocycles. The highest BCUT2D eigenvalue weighted by Crippen LogP contribution is 2.20. The maximum atomic E-state index is 6.32. The first-order valence-electron chi connectivity index (χ1n) is 6.22. The summed E-state index contributed by atoms with van der Waals surface area (Å²) < 4.78 is 1.26. The average Bonchev–Trinajstić information content (AvgIpc) is 2.41. The molecule has 1 nitrogen and oxygen atoms in total. The van der Waals surface area contributed by atoms with Gasteiger partial charge in [-0.3, -0.25) is 0 Å². The molecule has 2 N–H and O–H groups in total. The molecule has 2 unspecified atom stereocenters. The first-order chi connectivity index (χ1) is 8.66. The quantitative estimate of drug-likeness (QED) is 0.829. The maximum absolute atomic E-state index is 6.32. The van der Waals surface area contributed by atoms with E-state index in [-0.39, 0.29) is 6.04 Å². The molecule has 2 atom stereocenters. The Balaban J connectivity index is 2.03. The van der Waals surface area contributed by atoms with Gasteiger partial charge in [0.05, 0.1) is 0 Å². The Bertz CT molecular complexity index is 478. The van der Waals surface area contributed by atoms with E-state index in [1.54, 1.807) is 0 Å². The number of benzene rings is 2. The predicted molar refractivity (Wildman–Crippen MR) is 85.7 cm³/mol. The molecule has 0 spiro atoms. The minimum atomic E-state index is 0.160. The minimum Gasteiger partial charge on any atom is -0.327 e. The molecule has 0 aliphatic carbocycles. The molecule has 18 heavy (non-hydrogen) atoms. The molecule has 94 valence electrons. The molecule has 0 radical (unpaired) electrons. The van der Waals surface area contributed by atoms with Gasteiger partial charge in [0.25, 0.3) is 0 Å². The Hall–Kier alpha value is -0.870. The molecule has 2 aromatic carbocycles. The summed E-state index contributed by atoms with van der Waals surface area (Å²) in [4.78, 5) is 0. The molecule has 0 bridgehead atoms. The minimum absolute atomic E-state index is 0.160. The molecule has 0 heterocycles. The van der Waals surface area contributed by atoms with E-state index in [1.165, 1.54) is 14.7 Å². The van der Waals surface area contributed by atoms with Crippen molar-refractivity contribution in [3.05, 3.63) is 69.3 Å². The Morgan fingerprint density at radius 3 is 2.22 bits per heavy atom. The summed E-state index contributed by atoms with van der Waals surface area (Å²) in [7, 11) is 0. The summed E-state index contributed by atoms with van der Waals surface area (Å²) >= 11 is 2.32. The normalized spacial score (nSPS) is 14.2. The highest BCUT2D eigenvalue weighted by molar-refractivity contribution is 14.1. The van der Waals surface area contributed by atoms with Crippen molar-refractivity contribution < 1.29 is 0 Å². The lowest BCUT2D eigenvalue weighted by molar-refractivity contribution is 0.564. The van der Waals surface area contributed by atoms with Gasteiger partial charge in [-0.25, -0.2) is 0 Å². The third-order valence-corrected chi connectivity index (χ3v) is 4.07. The van der Waals surface area contributed by atoms with Crippen molar-refractivity contribution in [1.82, 2.24) is 0 Å². The van der Waals surface area contributed by atoms with Crippen LogP contribution in [-0.2, 0) is 6.42 Å². The lowest BCUT2D eigenvalue weighted by Gasteiger charge is -2.20. The van der Waals surface area contributed by atoms with Crippen LogP contribution in [0.2, 0.25) is 0 Å². The highest BCUT2D eigenvalue weighted by atomic mass is 127. The molecular weight excluding hydrogens is 333 g/mol. The summed E-state index contributed by atoms with van der Waals surface area (Å²) in [6, 6.07) is 19.3. The number of halogens is 1. The summed E-state index contributed by atoms with van der Waals surface area (Å²) in [6.07, 6.45) is 0.924. The van der Waals surface area contributed by atoms with Crippen molar-refractivity contribution in [2.45, 2.75) is 25.3 Å². The number of nitrogens with two attached hydrogens (primary N) is 1. The summed E-state index contributed by atoms with van der Waals surface area (Å²) in [5.74, 6) is 0.380. The van der Waals surface area contributed by atoms with E-state index in [0.717, 1.165) is 6.42 Å². The second kappa shape index (κ2) is 6.34. The average molecular weight is 351 g/mol. The van der Waals surface area contributed by atoms with Gasteiger partial charge in [-0.15, -0.1) is 0 Å². The molecule has 0 saturated heterocycles. The van der Waals surface area contributed by atoms with E-state index >= 15 is 0 Å². The highest BCUT2D eigenvalue weighted by Gasteiger charge is 2.14. The fourth-order valence-electron chi connectivity index (χ4n) is 2.07. The van der Waals surface area contributed by atoms with E-state index in [9.17, 15) is 0 Å². The van der Waals surface area contributed by atoms with Crippen molar-refractivity contribution in [1.29, 1.82) is 0 Å². The zero-order valence-electron chi connectivity index (χ0n) is 10.5. The molecule has 2 aromatic rings. The van der Waals surface area contributed by atoms with E-state index in [1.807, 2.05) is 6.07 Å². The summed E-state index contributed by atoms with van der Waals surface area (Å²) in [6.45, 7) is 2.20. The SMILES string of the molecule is CC(c1ccccc1)C(N)Cc1ccc(I)cc1. The molecule has 0 fully saturated rings. The Kier molecular flexibility index (Phi) is 4.78. The smallest absolute Gasteiger partial charge is 0.0146 e. The van der Waals surface area contributed by atoms with Gasteiger partial charge < -0.3 is 5.73 Å². The van der Waals surface area contributed by atoms with Gasteiger partial charge in [0.15, 0.2) is 0 Å². The van der Waals surface area contributed by atoms with Gasteiger partial charge in [0.2, 0.25) is 0 Å². The van der Waals surface area contributed by atoms with E-state index in [2.05, 4.69) is 78.0 Å². The van der Waals surface area contributed by atoms with Crippen LogP contribution >= 0.6 is 22.6 Å². The topological polar surface area (TPSA) is 26.0 Å². The number of hydrogen-bond acceptors (Lipinski definition) is 1. The second-order valence-electron chi connectivity index (χ2n) is 4.69. The molecule has 0 saturated carbocycles. The van der Waals surface area contributed by atoms with Crippen molar-refractivity contribution in [2.75, 3.05) is 0 Å². The van der Waals surface area contributed by atoms with Crippen LogP contribution in [0.4, 0.5) is 0 Å². The van der Waals surface area contributed by atoms with Crippen LogP contribution in [0.25, 0.3) is 0 Å². The standard InChI is InChI=1S/C16H18IN/c1-12(14-5-3-2-4-6-14)16(18)11-13-7-9-15(17)10-8-13/h2-10,12,16H,11,18H2,1H3. The predicted octanol–water partition coefficient (Wildman–Crippen LogP) is 3.96. The molecule has 2 heteroatoms. The van der Waals surface area contributed by atoms with Crippen molar-refractivity contribution in [2.24, 2.45) is 5.73 Å². The third-order valence-electron chi connectivity index (χ3n) is 3.35. The Morgan fingerprint density at radius 1 is 1.00 bits per heavy atom. The Morgan fingerprint density at radius 2 is 1.61 bits per heavy atom. The van der Waals surface area contributed by atoms with Crippen LogP contribution in [-0.4, -0.2) is 6.04 Å². The Labute approximate surface area is 123 Å². The first-order valence-corrected chi connectivity index (χ1v) is 7.29. The lowest BCUT2D eigenvalue weighted by Crippen LogP contribution is -2.29. The number of rotatable bonds is 4. The molecule has 0 aromatic heterocycles. The fourth-order valence-corrected chi connectivity index (χ4v) is 2.43. The van der Waals surface area contributed by atoms with Crippen LogP contribution in [0.3, 0.4) is 0 Å². The van der Waals surface area contributed by atoms with Crippen molar-refractivity contribution >= 4 is 22.6 Å². The van der Waals surface area contributed by atoms with E-state index in [0.29, 0.717) is 5.92 Å². The number of hydrogen-bond donors (Lipinski definition) is 1. The van der Waals surface area contributed by atoms with Crippen LogP contribution in [0.1, 0.15) is 24.0 Å². The van der Waals surface area contributed by atoms with Gasteiger partial charge >= 0.3 is 0 Å². The van der Waals surface area contributed by atoms with Crippen molar-refractivity contribution in [3.8, 4) is 0 Å². The fraction of sp³-hybridized carbons (Fsp3) is 0.250. The molecule has 0 aliphatic rings. The van der Waals surface area contributed by atoms with E-state index in [4.69, 9.17) is 5.73 Å². The third kappa shape index (κ3) is 3.56. The van der Waals surface area contributed by atoms with Crippen LogP contribution in [0, 0.1) is 3.57 Å². The summed E-state index contributed by atoms with van der Waals surface area (Å²) in [5.41, 5.74) is 8.94. The molecular formula is C16H18IN. The summed E-state index contributed by atoms with van der Waals surface area (Å²) in [5, 5.41) is 0. The zero-order valence-corrected chi connectivity index (χ0v) is 12.7. The second-order valence-corrected chi connectivity index (χ2v) is 5.94. The van der Waals surface area contributed by atoms with Crippen molar-refractivity contribution in [3.63, 3.8) is 0 Å². The van der Waals surface area contributed by atoms with Crippen LogP contribution < -0.4 is 5.73 Å².